The molecule has 31 heavy (non-hydrogen) atoms. The summed E-state index contributed by atoms with van der Waals surface area (Å²) in [4.78, 5) is 38.3. The third-order valence-electron chi connectivity index (χ3n) is 6.28. The van der Waals surface area contributed by atoms with Crippen LogP contribution in [0.2, 0.25) is 0 Å². The standard InChI is InChI=1S/C25H29N3O3/c1-18-6-4-7-21(16-18)20-11-9-19(10-12-20)17-26-22(29)8-5-15-28-23(30)25(27-24(28)31)13-2-3-14-25/h4,6-7,9-12,16H,2-3,5,8,13-15,17H2,1H3,(H,26,29)(H,27,31). The molecule has 0 aromatic heterocycles. The summed E-state index contributed by atoms with van der Waals surface area (Å²) in [5, 5.41) is 5.79. The van der Waals surface area contributed by atoms with Gasteiger partial charge in [-0.2, -0.15) is 0 Å². The normalized spacial score (nSPS) is 17.3. The van der Waals surface area contributed by atoms with Gasteiger partial charge in [0.05, 0.1) is 0 Å². The van der Waals surface area contributed by atoms with Gasteiger partial charge in [-0.25, -0.2) is 4.79 Å². The monoisotopic (exact) mass is 419 g/mol. The number of amides is 4. The van der Waals surface area contributed by atoms with Crippen LogP contribution in [0.25, 0.3) is 11.1 Å². The fraction of sp³-hybridized carbons (Fsp3) is 0.400. The average Bonchev–Trinajstić information content (AvgIpc) is 3.33. The highest BCUT2D eigenvalue weighted by Crippen LogP contribution is 2.35. The molecule has 1 heterocycles. The Hall–Kier alpha value is -3.15. The van der Waals surface area contributed by atoms with E-state index in [2.05, 4.69) is 47.9 Å². The molecule has 2 aliphatic rings. The van der Waals surface area contributed by atoms with Gasteiger partial charge < -0.3 is 10.6 Å². The molecule has 2 aromatic rings. The number of carbonyl (C=O) groups excluding carboxylic acids is 3. The highest BCUT2D eigenvalue weighted by Gasteiger charge is 2.51. The van der Waals surface area contributed by atoms with E-state index in [1.165, 1.54) is 16.0 Å². The topological polar surface area (TPSA) is 78.5 Å². The molecule has 6 heteroatoms. The van der Waals surface area contributed by atoms with Crippen LogP contribution in [-0.2, 0) is 16.1 Å². The molecule has 2 fully saturated rings. The second-order valence-electron chi connectivity index (χ2n) is 8.62. The number of hydrogen-bond acceptors (Lipinski definition) is 3. The van der Waals surface area contributed by atoms with Gasteiger partial charge in [-0.1, -0.05) is 66.9 Å². The van der Waals surface area contributed by atoms with E-state index >= 15 is 0 Å². The van der Waals surface area contributed by atoms with E-state index in [4.69, 9.17) is 0 Å². The van der Waals surface area contributed by atoms with E-state index in [1.54, 1.807) is 0 Å². The molecule has 6 nitrogen and oxygen atoms in total. The number of hydrogen-bond donors (Lipinski definition) is 2. The van der Waals surface area contributed by atoms with Gasteiger partial charge in [0.25, 0.3) is 5.91 Å². The van der Waals surface area contributed by atoms with Gasteiger partial charge in [-0.3, -0.25) is 14.5 Å². The van der Waals surface area contributed by atoms with Crippen molar-refractivity contribution in [1.29, 1.82) is 0 Å². The first kappa shape index (κ1) is 21.1. The first-order chi connectivity index (χ1) is 15.0. The Morgan fingerprint density at radius 2 is 1.81 bits per heavy atom. The molecule has 0 radical (unpaired) electrons. The Morgan fingerprint density at radius 1 is 1.06 bits per heavy atom. The van der Waals surface area contributed by atoms with Gasteiger partial charge in [0.15, 0.2) is 0 Å². The van der Waals surface area contributed by atoms with Crippen molar-refractivity contribution >= 4 is 17.8 Å². The number of carbonyl (C=O) groups is 3. The minimum atomic E-state index is -0.677. The Bertz CT molecular complexity index is 978. The van der Waals surface area contributed by atoms with Crippen molar-refractivity contribution < 1.29 is 14.4 Å². The van der Waals surface area contributed by atoms with Crippen LogP contribution >= 0.6 is 0 Å². The van der Waals surface area contributed by atoms with Gasteiger partial charge in [0.1, 0.15) is 5.54 Å². The van der Waals surface area contributed by atoms with E-state index in [0.717, 1.165) is 36.8 Å². The van der Waals surface area contributed by atoms with E-state index in [-0.39, 0.29) is 30.8 Å². The van der Waals surface area contributed by atoms with Crippen molar-refractivity contribution in [2.45, 2.75) is 57.5 Å². The van der Waals surface area contributed by atoms with Gasteiger partial charge in [-0.15, -0.1) is 0 Å². The molecule has 2 N–H and O–H groups in total. The van der Waals surface area contributed by atoms with Gasteiger partial charge >= 0.3 is 6.03 Å². The lowest BCUT2D eigenvalue weighted by Gasteiger charge is -2.19. The molecular weight excluding hydrogens is 390 g/mol. The lowest BCUT2D eigenvalue weighted by atomic mass is 9.98. The lowest BCUT2D eigenvalue weighted by Crippen LogP contribution is -2.44. The third-order valence-corrected chi connectivity index (χ3v) is 6.28. The van der Waals surface area contributed by atoms with E-state index < -0.39 is 5.54 Å². The molecule has 1 saturated carbocycles. The van der Waals surface area contributed by atoms with Crippen LogP contribution in [0.1, 0.15) is 49.7 Å². The van der Waals surface area contributed by atoms with Crippen molar-refractivity contribution in [3.05, 3.63) is 59.7 Å². The van der Waals surface area contributed by atoms with Crippen molar-refractivity contribution in [3.8, 4) is 11.1 Å². The van der Waals surface area contributed by atoms with Crippen molar-refractivity contribution in [2.24, 2.45) is 0 Å². The van der Waals surface area contributed by atoms with E-state index in [0.29, 0.717) is 13.0 Å². The predicted molar refractivity (Wildman–Crippen MR) is 119 cm³/mol. The summed E-state index contributed by atoms with van der Waals surface area (Å²) in [7, 11) is 0. The van der Waals surface area contributed by atoms with Crippen molar-refractivity contribution in [1.82, 2.24) is 15.5 Å². The Labute approximate surface area is 183 Å². The summed E-state index contributed by atoms with van der Waals surface area (Å²) < 4.78 is 0. The molecule has 0 atom stereocenters. The maximum absolute atomic E-state index is 12.6. The highest BCUT2D eigenvalue weighted by atomic mass is 16.2. The first-order valence-electron chi connectivity index (χ1n) is 11.0. The number of nitrogens with one attached hydrogen (secondary N) is 2. The van der Waals surface area contributed by atoms with Crippen LogP contribution in [0.5, 0.6) is 0 Å². The summed E-state index contributed by atoms with van der Waals surface area (Å²) in [6.45, 7) is 2.82. The zero-order chi connectivity index (χ0) is 21.8. The number of aryl methyl sites for hydroxylation is 1. The summed E-state index contributed by atoms with van der Waals surface area (Å²) >= 11 is 0. The highest BCUT2D eigenvalue weighted by molar-refractivity contribution is 6.07. The van der Waals surface area contributed by atoms with Crippen LogP contribution in [0.4, 0.5) is 4.79 Å². The van der Waals surface area contributed by atoms with Crippen LogP contribution in [0, 0.1) is 6.92 Å². The quantitative estimate of drug-likeness (QED) is 0.668. The van der Waals surface area contributed by atoms with Crippen LogP contribution in [0.3, 0.4) is 0 Å². The van der Waals surface area contributed by atoms with Crippen LogP contribution in [-0.4, -0.2) is 34.8 Å². The molecule has 2 aromatic carbocycles. The zero-order valence-electron chi connectivity index (χ0n) is 17.9. The molecule has 1 aliphatic carbocycles. The molecule has 0 bridgehead atoms. The first-order valence-corrected chi connectivity index (χ1v) is 11.0. The third kappa shape index (κ3) is 4.63. The van der Waals surface area contributed by atoms with Crippen molar-refractivity contribution in [2.75, 3.05) is 6.54 Å². The summed E-state index contributed by atoms with van der Waals surface area (Å²) in [5.74, 6) is -0.200. The van der Waals surface area contributed by atoms with Crippen LogP contribution in [0.15, 0.2) is 48.5 Å². The number of nitrogens with zero attached hydrogens (tertiary/aromatic N) is 1. The summed E-state index contributed by atoms with van der Waals surface area (Å²) in [6.07, 6.45) is 4.12. The Morgan fingerprint density at radius 3 is 2.52 bits per heavy atom. The molecular formula is C25H29N3O3. The Balaban J connectivity index is 1.22. The summed E-state index contributed by atoms with van der Waals surface area (Å²) in [5.41, 5.74) is 3.90. The van der Waals surface area contributed by atoms with Gasteiger partial charge in [0, 0.05) is 19.5 Å². The molecule has 4 amide bonds. The van der Waals surface area contributed by atoms with E-state index in [9.17, 15) is 14.4 Å². The summed E-state index contributed by atoms with van der Waals surface area (Å²) in [6, 6.07) is 16.2. The molecule has 1 aliphatic heterocycles. The predicted octanol–water partition coefficient (Wildman–Crippen LogP) is 3.92. The second kappa shape index (κ2) is 8.92. The average molecular weight is 420 g/mol. The minimum absolute atomic E-state index is 0.0783. The number of benzene rings is 2. The van der Waals surface area contributed by atoms with Gasteiger partial charge in [0.2, 0.25) is 5.91 Å². The molecule has 1 saturated heterocycles. The number of urea groups is 1. The molecule has 1 spiro atoms. The largest absolute Gasteiger partial charge is 0.352 e. The second-order valence-corrected chi connectivity index (χ2v) is 8.62. The van der Waals surface area contributed by atoms with Crippen molar-refractivity contribution in [3.63, 3.8) is 0 Å². The lowest BCUT2D eigenvalue weighted by molar-refractivity contribution is -0.131. The fourth-order valence-corrected chi connectivity index (χ4v) is 4.52. The maximum Gasteiger partial charge on any atom is 0.325 e. The zero-order valence-corrected chi connectivity index (χ0v) is 17.9. The maximum atomic E-state index is 12.6. The minimum Gasteiger partial charge on any atom is -0.352 e. The van der Waals surface area contributed by atoms with E-state index in [1.807, 2.05) is 18.2 Å². The molecule has 4 rings (SSSR count). The fourth-order valence-electron chi connectivity index (χ4n) is 4.52. The van der Waals surface area contributed by atoms with Gasteiger partial charge in [-0.05, 0) is 42.9 Å². The smallest absolute Gasteiger partial charge is 0.325 e. The Kier molecular flexibility index (Phi) is 6.07. The number of rotatable bonds is 7. The SMILES string of the molecule is Cc1cccc(-c2ccc(CNC(=O)CCCN3C(=O)NC4(CCCC4)C3=O)cc2)c1. The number of imide groups is 1. The van der Waals surface area contributed by atoms with Crippen LogP contribution < -0.4 is 10.6 Å². The molecule has 162 valence electrons. The molecule has 0 unspecified atom stereocenters.